The molecule has 0 atom stereocenters. The summed E-state index contributed by atoms with van der Waals surface area (Å²) < 4.78 is 7.73. The zero-order chi connectivity index (χ0) is 20.1. The maximum atomic E-state index is 12.1. The summed E-state index contributed by atoms with van der Waals surface area (Å²) in [4.78, 5) is 12.1. The number of para-hydroxylation sites is 1. The molecule has 0 amide bonds. The Bertz CT molecular complexity index is 1040. The number of benzene rings is 2. The van der Waals surface area contributed by atoms with Crippen molar-refractivity contribution in [3.05, 3.63) is 76.0 Å². The molecule has 3 aromatic rings. The molecule has 0 aliphatic rings. The first kappa shape index (κ1) is 19.5. The standard InChI is InChI=1S/C21H19BrN4O2/c1-2-28-21(27)17-4-3-5-18(24)20(17)25-13-14-6-8-15(9-7-14)26-16(12-23)10-11-19(26)22/h3-11,25H,2,13,24H2,1H3. The number of rotatable bonds is 6. The van der Waals surface area contributed by atoms with Crippen molar-refractivity contribution in [1.29, 1.82) is 5.26 Å². The molecule has 0 saturated carbocycles. The molecule has 0 spiro atoms. The van der Waals surface area contributed by atoms with E-state index in [1.54, 1.807) is 31.2 Å². The van der Waals surface area contributed by atoms with E-state index in [4.69, 9.17) is 10.5 Å². The highest BCUT2D eigenvalue weighted by atomic mass is 79.9. The van der Waals surface area contributed by atoms with Crippen LogP contribution in [0.5, 0.6) is 0 Å². The number of halogens is 1. The van der Waals surface area contributed by atoms with Crippen molar-refractivity contribution in [2.24, 2.45) is 0 Å². The van der Waals surface area contributed by atoms with E-state index in [2.05, 4.69) is 27.3 Å². The Balaban J connectivity index is 1.79. The smallest absolute Gasteiger partial charge is 0.340 e. The Morgan fingerprint density at radius 1 is 1.21 bits per heavy atom. The number of nitrogens with zero attached hydrogens (tertiary/aromatic N) is 2. The fourth-order valence-corrected chi connectivity index (χ4v) is 3.39. The van der Waals surface area contributed by atoms with Gasteiger partial charge in [-0.25, -0.2) is 4.79 Å². The van der Waals surface area contributed by atoms with Crippen molar-refractivity contribution < 1.29 is 9.53 Å². The van der Waals surface area contributed by atoms with Gasteiger partial charge in [-0.2, -0.15) is 5.26 Å². The molecule has 1 aromatic heterocycles. The number of nitrogens with one attached hydrogen (secondary N) is 1. The van der Waals surface area contributed by atoms with Gasteiger partial charge in [-0.3, -0.25) is 4.57 Å². The van der Waals surface area contributed by atoms with E-state index in [1.807, 2.05) is 34.9 Å². The topological polar surface area (TPSA) is 93.1 Å². The van der Waals surface area contributed by atoms with Crippen LogP contribution in [-0.2, 0) is 11.3 Å². The van der Waals surface area contributed by atoms with E-state index in [-0.39, 0.29) is 0 Å². The van der Waals surface area contributed by atoms with Gasteiger partial charge in [-0.1, -0.05) is 18.2 Å². The maximum Gasteiger partial charge on any atom is 0.340 e. The minimum absolute atomic E-state index is 0.300. The zero-order valence-corrected chi connectivity index (χ0v) is 16.9. The summed E-state index contributed by atoms with van der Waals surface area (Å²) in [5.74, 6) is -0.408. The van der Waals surface area contributed by atoms with Crippen LogP contribution < -0.4 is 11.1 Å². The van der Waals surface area contributed by atoms with Crippen LogP contribution >= 0.6 is 15.9 Å². The van der Waals surface area contributed by atoms with Crippen molar-refractivity contribution in [3.63, 3.8) is 0 Å². The van der Waals surface area contributed by atoms with Crippen LogP contribution in [0, 0.1) is 11.3 Å². The summed E-state index contributed by atoms with van der Waals surface area (Å²) in [5, 5.41) is 12.5. The lowest BCUT2D eigenvalue weighted by Crippen LogP contribution is -2.11. The second-order valence-electron chi connectivity index (χ2n) is 6.00. The van der Waals surface area contributed by atoms with Crippen molar-refractivity contribution >= 4 is 33.3 Å². The van der Waals surface area contributed by atoms with Crippen LogP contribution in [-0.4, -0.2) is 17.1 Å². The van der Waals surface area contributed by atoms with Crippen LogP contribution in [0.15, 0.2) is 59.2 Å². The number of carbonyl (C=O) groups excluding carboxylic acids is 1. The number of carbonyl (C=O) groups is 1. The van der Waals surface area contributed by atoms with Crippen LogP contribution in [0.2, 0.25) is 0 Å². The molecule has 1 heterocycles. The molecule has 3 N–H and O–H groups in total. The first-order valence-electron chi connectivity index (χ1n) is 8.71. The third kappa shape index (κ3) is 4.02. The normalized spacial score (nSPS) is 10.3. The van der Waals surface area contributed by atoms with Gasteiger partial charge in [0.15, 0.2) is 0 Å². The molecule has 0 bridgehead atoms. The molecule has 0 aliphatic carbocycles. The lowest BCUT2D eigenvalue weighted by Gasteiger charge is -2.14. The summed E-state index contributed by atoms with van der Waals surface area (Å²) in [6.45, 7) is 2.55. The lowest BCUT2D eigenvalue weighted by molar-refractivity contribution is 0.0527. The molecule has 28 heavy (non-hydrogen) atoms. The van der Waals surface area contributed by atoms with Crippen molar-refractivity contribution in [2.45, 2.75) is 13.5 Å². The van der Waals surface area contributed by atoms with E-state index < -0.39 is 5.97 Å². The third-order valence-electron chi connectivity index (χ3n) is 4.20. The van der Waals surface area contributed by atoms with Gasteiger partial charge >= 0.3 is 5.97 Å². The molecular weight excluding hydrogens is 420 g/mol. The largest absolute Gasteiger partial charge is 0.462 e. The first-order valence-corrected chi connectivity index (χ1v) is 9.50. The van der Waals surface area contributed by atoms with Crippen LogP contribution in [0.1, 0.15) is 28.5 Å². The molecule has 0 saturated heterocycles. The molecule has 7 heteroatoms. The number of anilines is 2. The minimum atomic E-state index is -0.408. The molecule has 0 radical (unpaired) electrons. The highest BCUT2D eigenvalue weighted by Gasteiger charge is 2.14. The van der Waals surface area contributed by atoms with Crippen molar-refractivity contribution in [3.8, 4) is 11.8 Å². The quantitative estimate of drug-likeness (QED) is 0.436. The van der Waals surface area contributed by atoms with Gasteiger partial charge in [-0.15, -0.1) is 0 Å². The van der Waals surface area contributed by atoms with Crippen LogP contribution in [0.3, 0.4) is 0 Å². The Labute approximate surface area is 171 Å². The van der Waals surface area contributed by atoms with Gasteiger partial charge < -0.3 is 15.8 Å². The van der Waals surface area contributed by atoms with E-state index in [1.165, 1.54) is 0 Å². The Morgan fingerprint density at radius 2 is 1.96 bits per heavy atom. The monoisotopic (exact) mass is 438 g/mol. The fraction of sp³-hybridized carbons (Fsp3) is 0.143. The maximum absolute atomic E-state index is 12.1. The lowest BCUT2D eigenvalue weighted by atomic mass is 10.1. The summed E-state index contributed by atoms with van der Waals surface area (Å²) in [5.41, 5.74) is 9.93. The molecule has 0 fully saturated rings. The van der Waals surface area contributed by atoms with Crippen molar-refractivity contribution in [2.75, 3.05) is 17.7 Å². The molecule has 3 rings (SSSR count). The Hall–Kier alpha value is -3.24. The number of nitrogen functional groups attached to an aromatic ring is 1. The number of hydrogen-bond acceptors (Lipinski definition) is 5. The molecule has 6 nitrogen and oxygen atoms in total. The molecule has 142 valence electrons. The first-order chi connectivity index (χ1) is 13.5. The predicted molar refractivity (Wildman–Crippen MR) is 112 cm³/mol. The van der Waals surface area contributed by atoms with Crippen LogP contribution in [0.4, 0.5) is 11.4 Å². The van der Waals surface area contributed by atoms with Gasteiger partial charge in [0.05, 0.1) is 28.1 Å². The predicted octanol–water partition coefficient (Wildman–Crippen LogP) is 4.48. The minimum Gasteiger partial charge on any atom is -0.462 e. The molecule has 0 aliphatic heterocycles. The molecule has 0 unspecified atom stereocenters. The van der Waals surface area contributed by atoms with Crippen LogP contribution in [0.25, 0.3) is 5.69 Å². The number of esters is 1. The number of nitriles is 1. The van der Waals surface area contributed by atoms with E-state index in [0.717, 1.165) is 15.9 Å². The van der Waals surface area contributed by atoms with Crippen molar-refractivity contribution in [1.82, 2.24) is 4.57 Å². The summed E-state index contributed by atoms with van der Waals surface area (Å²) in [7, 11) is 0. The van der Waals surface area contributed by atoms with Gasteiger partial charge in [0.1, 0.15) is 11.8 Å². The summed E-state index contributed by atoms with van der Waals surface area (Å²) in [6, 6.07) is 18.7. The highest BCUT2D eigenvalue weighted by molar-refractivity contribution is 9.10. The second kappa shape index (κ2) is 8.63. The Morgan fingerprint density at radius 3 is 2.64 bits per heavy atom. The average Bonchev–Trinajstić information content (AvgIpc) is 3.08. The second-order valence-corrected chi connectivity index (χ2v) is 6.81. The van der Waals surface area contributed by atoms with Gasteiger partial charge in [-0.05, 0) is 64.8 Å². The Kier molecular flexibility index (Phi) is 6.02. The summed E-state index contributed by atoms with van der Waals surface area (Å²) >= 11 is 3.46. The highest BCUT2D eigenvalue weighted by Crippen LogP contribution is 2.26. The number of nitrogens with two attached hydrogens (primary N) is 1. The summed E-state index contributed by atoms with van der Waals surface area (Å²) in [6.07, 6.45) is 0. The van der Waals surface area contributed by atoms with E-state index >= 15 is 0 Å². The average molecular weight is 439 g/mol. The van der Waals surface area contributed by atoms with Gasteiger partial charge in [0.25, 0.3) is 0 Å². The fourth-order valence-electron chi connectivity index (χ4n) is 2.86. The number of ether oxygens (including phenoxy) is 1. The van der Waals surface area contributed by atoms with E-state index in [0.29, 0.717) is 35.8 Å². The third-order valence-corrected chi connectivity index (χ3v) is 4.82. The van der Waals surface area contributed by atoms with E-state index in [9.17, 15) is 10.1 Å². The zero-order valence-electron chi connectivity index (χ0n) is 15.3. The van der Waals surface area contributed by atoms with Gasteiger partial charge in [0, 0.05) is 12.2 Å². The number of aromatic nitrogens is 1. The molecular formula is C21H19BrN4O2. The number of hydrogen-bond donors (Lipinski definition) is 2. The molecule has 2 aromatic carbocycles. The SMILES string of the molecule is CCOC(=O)c1cccc(N)c1NCc1ccc(-n2c(Br)ccc2C#N)cc1. The van der Waals surface area contributed by atoms with Gasteiger partial charge in [0.2, 0.25) is 0 Å².